The molecule has 2 aromatic rings. The van der Waals surface area contributed by atoms with Crippen molar-refractivity contribution in [2.24, 2.45) is 7.05 Å². The number of hydrogen-bond acceptors (Lipinski definition) is 3. The van der Waals surface area contributed by atoms with Crippen LogP contribution in [0.15, 0.2) is 24.4 Å². The van der Waals surface area contributed by atoms with Crippen molar-refractivity contribution in [2.75, 3.05) is 6.54 Å². The van der Waals surface area contributed by atoms with Crippen LogP contribution in [0.2, 0.25) is 0 Å². The largest absolute Gasteiger partial charge is 0.305 e. The van der Waals surface area contributed by atoms with Crippen LogP contribution in [0.1, 0.15) is 35.3 Å². The Labute approximate surface area is 108 Å². The summed E-state index contributed by atoms with van der Waals surface area (Å²) in [6, 6.07) is 6.77. The fourth-order valence-electron chi connectivity index (χ4n) is 2.33. The molecule has 2 rings (SSSR count). The van der Waals surface area contributed by atoms with Crippen LogP contribution >= 0.6 is 0 Å². The van der Waals surface area contributed by atoms with E-state index >= 15 is 0 Å². The van der Waals surface area contributed by atoms with Crippen molar-refractivity contribution in [1.29, 1.82) is 0 Å². The Kier molecular flexibility index (Phi) is 3.77. The highest BCUT2D eigenvalue weighted by Crippen LogP contribution is 2.22. The second-order valence-corrected chi connectivity index (χ2v) is 4.69. The molecule has 0 fully saturated rings. The summed E-state index contributed by atoms with van der Waals surface area (Å²) in [7, 11) is 1.93. The predicted octanol–water partition coefficient (Wildman–Crippen LogP) is 2.13. The van der Waals surface area contributed by atoms with Crippen LogP contribution in [0.5, 0.6) is 0 Å². The maximum Gasteiger partial charge on any atom is 0.0798 e. The van der Waals surface area contributed by atoms with Gasteiger partial charge in [0.05, 0.1) is 17.9 Å². The highest BCUT2D eigenvalue weighted by atomic mass is 15.4. The van der Waals surface area contributed by atoms with Crippen molar-refractivity contribution in [3.05, 3.63) is 46.8 Å². The number of nitrogens with one attached hydrogen (secondary N) is 1. The van der Waals surface area contributed by atoms with Gasteiger partial charge in [0.25, 0.3) is 0 Å². The first-order valence-electron chi connectivity index (χ1n) is 6.28. The zero-order chi connectivity index (χ0) is 13.1. The summed E-state index contributed by atoms with van der Waals surface area (Å²) in [5, 5.41) is 11.5. The molecule has 0 bridgehead atoms. The van der Waals surface area contributed by atoms with Crippen molar-refractivity contribution in [2.45, 2.75) is 26.8 Å². The first-order valence-corrected chi connectivity index (χ1v) is 6.28. The van der Waals surface area contributed by atoms with Gasteiger partial charge in [-0.05, 0) is 26.0 Å². The van der Waals surface area contributed by atoms with Crippen LogP contribution < -0.4 is 5.32 Å². The lowest BCUT2D eigenvalue weighted by atomic mass is 9.99. The van der Waals surface area contributed by atoms with Gasteiger partial charge in [-0.2, -0.15) is 0 Å². The Morgan fingerprint density at radius 1 is 1.22 bits per heavy atom. The molecule has 1 atom stereocenters. The van der Waals surface area contributed by atoms with Crippen molar-refractivity contribution in [3.8, 4) is 0 Å². The zero-order valence-corrected chi connectivity index (χ0v) is 11.4. The second-order valence-electron chi connectivity index (χ2n) is 4.69. The van der Waals surface area contributed by atoms with Gasteiger partial charge in [-0.3, -0.25) is 4.68 Å². The summed E-state index contributed by atoms with van der Waals surface area (Å²) in [5.41, 5.74) is 4.91. The molecular weight excluding hydrogens is 224 g/mol. The Morgan fingerprint density at radius 2 is 1.89 bits per heavy atom. The summed E-state index contributed by atoms with van der Waals surface area (Å²) in [6.45, 7) is 7.27. The van der Waals surface area contributed by atoms with E-state index in [0.29, 0.717) is 0 Å². The van der Waals surface area contributed by atoms with Gasteiger partial charge >= 0.3 is 0 Å². The van der Waals surface area contributed by atoms with E-state index in [4.69, 9.17) is 0 Å². The van der Waals surface area contributed by atoms with Gasteiger partial charge in [0.2, 0.25) is 0 Å². The average molecular weight is 244 g/mol. The average Bonchev–Trinajstić information content (AvgIpc) is 2.71. The van der Waals surface area contributed by atoms with E-state index in [0.717, 1.165) is 12.2 Å². The maximum absolute atomic E-state index is 4.02. The van der Waals surface area contributed by atoms with Crippen LogP contribution in [0.4, 0.5) is 0 Å². The minimum absolute atomic E-state index is 0.147. The van der Waals surface area contributed by atoms with E-state index < -0.39 is 0 Å². The maximum atomic E-state index is 4.02. The van der Waals surface area contributed by atoms with Crippen LogP contribution in [0.3, 0.4) is 0 Å². The molecule has 0 aliphatic heterocycles. The third-order valence-electron chi connectivity index (χ3n) is 3.03. The minimum atomic E-state index is 0.147. The molecule has 18 heavy (non-hydrogen) atoms. The molecule has 1 unspecified atom stereocenters. The van der Waals surface area contributed by atoms with Crippen molar-refractivity contribution in [3.63, 3.8) is 0 Å². The quantitative estimate of drug-likeness (QED) is 0.896. The molecular formula is C14H20N4. The fourth-order valence-corrected chi connectivity index (χ4v) is 2.33. The molecule has 0 amide bonds. The van der Waals surface area contributed by atoms with Crippen LogP contribution in [0.25, 0.3) is 0 Å². The first-order chi connectivity index (χ1) is 8.61. The Hall–Kier alpha value is -1.68. The van der Waals surface area contributed by atoms with Crippen LogP contribution in [-0.2, 0) is 7.05 Å². The molecule has 0 aliphatic carbocycles. The van der Waals surface area contributed by atoms with E-state index in [1.807, 2.05) is 17.9 Å². The summed E-state index contributed by atoms with van der Waals surface area (Å²) in [5.74, 6) is 0. The van der Waals surface area contributed by atoms with Gasteiger partial charge in [-0.15, -0.1) is 5.10 Å². The summed E-state index contributed by atoms with van der Waals surface area (Å²) < 4.78 is 1.82. The lowest BCUT2D eigenvalue weighted by Gasteiger charge is -2.19. The first kappa shape index (κ1) is 12.8. The number of aromatic nitrogens is 3. The minimum Gasteiger partial charge on any atom is -0.305 e. The predicted molar refractivity (Wildman–Crippen MR) is 72.4 cm³/mol. The van der Waals surface area contributed by atoms with E-state index in [2.05, 4.69) is 54.6 Å². The highest BCUT2D eigenvalue weighted by Gasteiger charge is 2.17. The molecule has 1 N–H and O–H groups in total. The Bertz CT molecular complexity index is 510. The molecule has 0 saturated heterocycles. The number of hydrogen-bond donors (Lipinski definition) is 1. The monoisotopic (exact) mass is 244 g/mol. The van der Waals surface area contributed by atoms with Crippen molar-refractivity contribution < 1.29 is 0 Å². The third kappa shape index (κ3) is 2.59. The molecule has 0 radical (unpaired) electrons. The molecule has 0 spiro atoms. The lowest BCUT2D eigenvalue weighted by Crippen LogP contribution is -2.24. The number of rotatable bonds is 4. The summed E-state index contributed by atoms with van der Waals surface area (Å²) >= 11 is 0. The smallest absolute Gasteiger partial charge is 0.0798 e. The van der Waals surface area contributed by atoms with Gasteiger partial charge < -0.3 is 5.32 Å². The molecule has 4 nitrogen and oxygen atoms in total. The number of benzene rings is 1. The molecule has 1 aromatic heterocycles. The van der Waals surface area contributed by atoms with Crippen LogP contribution in [0, 0.1) is 13.8 Å². The molecule has 1 heterocycles. The van der Waals surface area contributed by atoms with Gasteiger partial charge in [0, 0.05) is 7.05 Å². The fraction of sp³-hybridized carbons (Fsp3) is 0.429. The Morgan fingerprint density at radius 3 is 2.39 bits per heavy atom. The third-order valence-corrected chi connectivity index (χ3v) is 3.03. The van der Waals surface area contributed by atoms with Crippen LogP contribution in [-0.4, -0.2) is 21.5 Å². The number of nitrogens with zero attached hydrogens (tertiary/aromatic N) is 3. The van der Waals surface area contributed by atoms with Gasteiger partial charge in [-0.1, -0.05) is 41.5 Å². The molecule has 0 saturated carbocycles. The van der Waals surface area contributed by atoms with E-state index in [9.17, 15) is 0 Å². The van der Waals surface area contributed by atoms with E-state index in [1.54, 1.807) is 0 Å². The topological polar surface area (TPSA) is 42.7 Å². The van der Waals surface area contributed by atoms with Gasteiger partial charge in [0.15, 0.2) is 0 Å². The van der Waals surface area contributed by atoms with Crippen molar-refractivity contribution in [1.82, 2.24) is 20.3 Å². The zero-order valence-electron chi connectivity index (χ0n) is 11.4. The standard InChI is InChI=1S/C14H20N4/c1-5-15-14(13-9-16-17-18(13)4)12-7-10(2)6-11(3)8-12/h6-9,14-15H,5H2,1-4H3. The van der Waals surface area contributed by atoms with E-state index in [-0.39, 0.29) is 6.04 Å². The normalized spacial score (nSPS) is 12.7. The highest BCUT2D eigenvalue weighted by molar-refractivity contribution is 5.34. The van der Waals surface area contributed by atoms with Crippen molar-refractivity contribution >= 4 is 0 Å². The van der Waals surface area contributed by atoms with E-state index in [1.165, 1.54) is 16.7 Å². The number of aryl methyl sites for hydroxylation is 3. The van der Waals surface area contributed by atoms with Gasteiger partial charge in [-0.25, -0.2) is 0 Å². The van der Waals surface area contributed by atoms with Gasteiger partial charge in [0.1, 0.15) is 0 Å². The summed E-state index contributed by atoms with van der Waals surface area (Å²) in [4.78, 5) is 0. The second kappa shape index (κ2) is 5.31. The molecule has 1 aromatic carbocycles. The Balaban J connectivity index is 2.44. The molecule has 0 aliphatic rings. The molecule has 4 heteroatoms. The lowest BCUT2D eigenvalue weighted by molar-refractivity contribution is 0.568. The summed E-state index contributed by atoms with van der Waals surface area (Å²) in [6.07, 6.45) is 1.82. The molecule has 96 valence electrons. The SMILES string of the molecule is CCNC(c1cc(C)cc(C)c1)c1cnnn1C.